The maximum absolute atomic E-state index is 12.1. The highest BCUT2D eigenvalue weighted by molar-refractivity contribution is 5.94. The fourth-order valence-corrected chi connectivity index (χ4v) is 1.96. The molecule has 1 amide bonds. The van der Waals surface area contributed by atoms with Crippen LogP contribution in [0.15, 0.2) is 30.3 Å². The zero-order chi connectivity index (χ0) is 10.7. The Balaban J connectivity index is 2.14. The summed E-state index contributed by atoms with van der Waals surface area (Å²) < 4.78 is 5.27. The molecule has 1 atom stereocenters. The molecule has 3 heteroatoms. The van der Waals surface area contributed by atoms with Crippen molar-refractivity contribution in [2.45, 2.75) is 19.1 Å². The first kappa shape index (κ1) is 10.2. The number of methoxy groups -OCH3 is 1. The van der Waals surface area contributed by atoms with E-state index in [0.29, 0.717) is 0 Å². The van der Waals surface area contributed by atoms with Crippen molar-refractivity contribution < 1.29 is 9.53 Å². The third-order valence-electron chi connectivity index (χ3n) is 2.75. The van der Waals surface area contributed by atoms with Crippen LogP contribution in [-0.2, 0) is 4.74 Å². The van der Waals surface area contributed by atoms with Gasteiger partial charge in [0.05, 0.1) is 0 Å². The van der Waals surface area contributed by atoms with E-state index in [9.17, 15) is 4.79 Å². The van der Waals surface area contributed by atoms with Crippen molar-refractivity contribution in [1.29, 1.82) is 0 Å². The second-order valence-corrected chi connectivity index (χ2v) is 3.70. The van der Waals surface area contributed by atoms with Gasteiger partial charge in [-0.1, -0.05) is 18.2 Å². The second-order valence-electron chi connectivity index (χ2n) is 3.70. The van der Waals surface area contributed by atoms with Crippen LogP contribution in [0.3, 0.4) is 0 Å². The van der Waals surface area contributed by atoms with Crippen LogP contribution in [0.5, 0.6) is 0 Å². The molecule has 1 aromatic carbocycles. The van der Waals surface area contributed by atoms with Gasteiger partial charge in [0.1, 0.15) is 6.23 Å². The molecule has 0 spiro atoms. The first-order valence-electron chi connectivity index (χ1n) is 5.22. The van der Waals surface area contributed by atoms with Crippen molar-refractivity contribution in [3.8, 4) is 0 Å². The Hall–Kier alpha value is -1.35. The molecule has 0 radical (unpaired) electrons. The standard InChI is InChI=1S/C12H15NO2/c1-15-11-8-5-9-13(11)12(14)10-6-3-2-4-7-10/h2-4,6-7,11H,5,8-9H2,1H3/t11-/m0/s1. The van der Waals surface area contributed by atoms with Gasteiger partial charge in [-0.05, 0) is 25.0 Å². The Bertz CT molecular complexity index is 337. The number of hydrogen-bond donors (Lipinski definition) is 0. The van der Waals surface area contributed by atoms with Crippen molar-refractivity contribution in [3.05, 3.63) is 35.9 Å². The van der Waals surface area contributed by atoms with Gasteiger partial charge in [-0.2, -0.15) is 0 Å². The molecule has 0 N–H and O–H groups in total. The van der Waals surface area contributed by atoms with Gasteiger partial charge in [-0.15, -0.1) is 0 Å². The largest absolute Gasteiger partial charge is 0.362 e. The molecule has 0 aliphatic carbocycles. The van der Waals surface area contributed by atoms with Crippen LogP contribution < -0.4 is 0 Å². The van der Waals surface area contributed by atoms with E-state index in [1.807, 2.05) is 30.3 Å². The second kappa shape index (κ2) is 4.45. The molecular formula is C12H15NO2. The van der Waals surface area contributed by atoms with E-state index in [1.165, 1.54) is 0 Å². The summed E-state index contributed by atoms with van der Waals surface area (Å²) in [5, 5.41) is 0. The molecule has 1 aliphatic heterocycles. The van der Waals surface area contributed by atoms with Crippen molar-refractivity contribution >= 4 is 5.91 Å². The fourth-order valence-electron chi connectivity index (χ4n) is 1.96. The van der Waals surface area contributed by atoms with Gasteiger partial charge in [0.2, 0.25) is 0 Å². The van der Waals surface area contributed by atoms with E-state index in [4.69, 9.17) is 4.74 Å². The smallest absolute Gasteiger partial charge is 0.255 e. The summed E-state index contributed by atoms with van der Waals surface area (Å²) in [5.74, 6) is 0.0694. The fraction of sp³-hybridized carbons (Fsp3) is 0.417. The molecule has 0 saturated carbocycles. The lowest BCUT2D eigenvalue weighted by molar-refractivity contribution is 0.00166. The Kier molecular flexibility index (Phi) is 3.02. The van der Waals surface area contributed by atoms with Crippen LogP contribution in [0.1, 0.15) is 23.2 Å². The lowest BCUT2D eigenvalue weighted by Gasteiger charge is -2.23. The van der Waals surface area contributed by atoms with Gasteiger partial charge in [0.25, 0.3) is 5.91 Å². The van der Waals surface area contributed by atoms with Gasteiger partial charge >= 0.3 is 0 Å². The quantitative estimate of drug-likeness (QED) is 0.738. The van der Waals surface area contributed by atoms with Gasteiger partial charge in [-0.3, -0.25) is 4.79 Å². The lowest BCUT2D eigenvalue weighted by Crippen LogP contribution is -2.36. The molecule has 15 heavy (non-hydrogen) atoms. The minimum Gasteiger partial charge on any atom is -0.362 e. The monoisotopic (exact) mass is 205 g/mol. The number of carbonyl (C=O) groups is 1. The number of rotatable bonds is 2. The molecule has 0 unspecified atom stereocenters. The van der Waals surface area contributed by atoms with E-state index in [1.54, 1.807) is 12.0 Å². The molecule has 80 valence electrons. The Morgan fingerprint density at radius 2 is 2.13 bits per heavy atom. The summed E-state index contributed by atoms with van der Waals surface area (Å²) in [4.78, 5) is 13.9. The predicted octanol–water partition coefficient (Wildman–Crippen LogP) is 1.90. The predicted molar refractivity (Wildman–Crippen MR) is 57.5 cm³/mol. The van der Waals surface area contributed by atoms with E-state index < -0.39 is 0 Å². The maximum atomic E-state index is 12.1. The lowest BCUT2D eigenvalue weighted by atomic mass is 10.2. The van der Waals surface area contributed by atoms with Crippen LogP contribution in [0, 0.1) is 0 Å². The Labute approximate surface area is 89.7 Å². The summed E-state index contributed by atoms with van der Waals surface area (Å²) in [5.41, 5.74) is 0.737. The summed E-state index contributed by atoms with van der Waals surface area (Å²) in [6.45, 7) is 0.798. The molecule has 1 fully saturated rings. The molecule has 2 rings (SSSR count). The average Bonchev–Trinajstić information content (AvgIpc) is 2.77. The average molecular weight is 205 g/mol. The van der Waals surface area contributed by atoms with E-state index in [0.717, 1.165) is 24.9 Å². The maximum Gasteiger partial charge on any atom is 0.255 e. The minimum absolute atomic E-state index is 0.0438. The number of amides is 1. The number of ether oxygens (including phenoxy) is 1. The summed E-state index contributed by atoms with van der Waals surface area (Å²) in [6, 6.07) is 9.35. The zero-order valence-electron chi connectivity index (χ0n) is 8.85. The van der Waals surface area contributed by atoms with Crippen LogP contribution in [0.25, 0.3) is 0 Å². The SMILES string of the molecule is CO[C@H]1CCCN1C(=O)c1ccccc1. The van der Waals surface area contributed by atoms with E-state index in [2.05, 4.69) is 0 Å². The number of nitrogens with zero attached hydrogens (tertiary/aromatic N) is 1. The summed E-state index contributed by atoms with van der Waals surface area (Å²) in [6.07, 6.45) is 1.92. The summed E-state index contributed by atoms with van der Waals surface area (Å²) >= 11 is 0. The first-order valence-corrected chi connectivity index (χ1v) is 5.22. The number of carbonyl (C=O) groups excluding carboxylic acids is 1. The Morgan fingerprint density at radius 3 is 2.80 bits per heavy atom. The van der Waals surface area contributed by atoms with Gasteiger partial charge in [0, 0.05) is 19.2 Å². The third-order valence-corrected chi connectivity index (χ3v) is 2.75. The minimum atomic E-state index is -0.0438. The van der Waals surface area contributed by atoms with E-state index >= 15 is 0 Å². The van der Waals surface area contributed by atoms with Crippen LogP contribution in [0.2, 0.25) is 0 Å². The van der Waals surface area contributed by atoms with Crippen LogP contribution >= 0.6 is 0 Å². The molecule has 1 saturated heterocycles. The Morgan fingerprint density at radius 1 is 1.40 bits per heavy atom. The van der Waals surface area contributed by atoms with Gasteiger partial charge in [0.15, 0.2) is 0 Å². The van der Waals surface area contributed by atoms with Gasteiger partial charge < -0.3 is 9.64 Å². The number of likely N-dealkylation sites (tertiary alicyclic amines) is 1. The van der Waals surface area contributed by atoms with Crippen LogP contribution in [-0.4, -0.2) is 30.7 Å². The summed E-state index contributed by atoms with van der Waals surface area (Å²) in [7, 11) is 1.65. The topological polar surface area (TPSA) is 29.5 Å². The third kappa shape index (κ3) is 2.02. The number of hydrogen-bond acceptors (Lipinski definition) is 2. The van der Waals surface area contributed by atoms with Crippen LogP contribution in [0.4, 0.5) is 0 Å². The number of benzene rings is 1. The molecule has 0 bridgehead atoms. The van der Waals surface area contributed by atoms with Crippen molar-refractivity contribution in [2.24, 2.45) is 0 Å². The molecule has 0 aromatic heterocycles. The highest BCUT2D eigenvalue weighted by Gasteiger charge is 2.28. The van der Waals surface area contributed by atoms with E-state index in [-0.39, 0.29) is 12.1 Å². The van der Waals surface area contributed by atoms with Crippen molar-refractivity contribution in [2.75, 3.05) is 13.7 Å². The molecule has 1 aromatic rings. The molecule has 1 heterocycles. The molecule has 1 aliphatic rings. The van der Waals surface area contributed by atoms with Crippen molar-refractivity contribution in [1.82, 2.24) is 4.90 Å². The normalized spacial score (nSPS) is 20.6. The highest BCUT2D eigenvalue weighted by Crippen LogP contribution is 2.20. The molecular weight excluding hydrogens is 190 g/mol. The van der Waals surface area contributed by atoms with Gasteiger partial charge in [-0.25, -0.2) is 0 Å². The first-order chi connectivity index (χ1) is 7.33. The zero-order valence-corrected chi connectivity index (χ0v) is 8.85. The van der Waals surface area contributed by atoms with Crippen molar-refractivity contribution in [3.63, 3.8) is 0 Å². The molecule has 3 nitrogen and oxygen atoms in total. The highest BCUT2D eigenvalue weighted by atomic mass is 16.5.